The Labute approximate surface area is 113 Å². The molecule has 0 N–H and O–H groups in total. The topological polar surface area (TPSA) is 36.3 Å². The first kappa shape index (κ1) is 13.7. The molecule has 0 aliphatic carbocycles. The van der Waals surface area contributed by atoms with Gasteiger partial charge in [0.1, 0.15) is 11.0 Å². The highest BCUT2D eigenvalue weighted by Crippen LogP contribution is 2.36. The van der Waals surface area contributed by atoms with E-state index >= 15 is 0 Å². The normalized spacial score (nSPS) is 22.0. The molecule has 18 heavy (non-hydrogen) atoms. The van der Waals surface area contributed by atoms with Crippen molar-refractivity contribution in [3.8, 4) is 0 Å². The van der Waals surface area contributed by atoms with Crippen molar-refractivity contribution in [3.63, 3.8) is 0 Å². The molecular formula is C12H18BClN2O2. The van der Waals surface area contributed by atoms with E-state index in [2.05, 4.69) is 4.98 Å². The second kappa shape index (κ2) is 4.40. The van der Waals surface area contributed by atoms with Crippen LogP contribution in [-0.2, 0) is 16.4 Å². The van der Waals surface area contributed by atoms with Gasteiger partial charge in [-0.2, -0.15) is 0 Å². The summed E-state index contributed by atoms with van der Waals surface area (Å²) >= 11 is 5.92. The lowest BCUT2D eigenvalue weighted by Crippen LogP contribution is -2.41. The third-order valence-electron chi connectivity index (χ3n) is 3.64. The lowest BCUT2D eigenvalue weighted by atomic mass is 9.90. The van der Waals surface area contributed by atoms with Crippen molar-refractivity contribution >= 4 is 24.8 Å². The zero-order valence-corrected chi connectivity index (χ0v) is 12.2. The number of rotatable bonds is 2. The summed E-state index contributed by atoms with van der Waals surface area (Å²) in [6.07, 6.45) is 3.47. The van der Waals surface area contributed by atoms with Gasteiger partial charge < -0.3 is 13.9 Å². The van der Waals surface area contributed by atoms with Crippen LogP contribution in [0.1, 0.15) is 33.5 Å². The van der Waals surface area contributed by atoms with E-state index in [1.54, 1.807) is 10.8 Å². The molecule has 0 aromatic carbocycles. The first-order valence-electron chi connectivity index (χ1n) is 5.94. The van der Waals surface area contributed by atoms with Crippen LogP contribution < -0.4 is 0 Å². The summed E-state index contributed by atoms with van der Waals surface area (Å²) in [6.45, 7) is 8.11. The summed E-state index contributed by atoms with van der Waals surface area (Å²) in [7, 11) is 1.50. The second-order valence-corrected chi connectivity index (χ2v) is 5.87. The lowest BCUT2D eigenvalue weighted by molar-refractivity contribution is 0.00578. The van der Waals surface area contributed by atoms with Gasteiger partial charge in [-0.1, -0.05) is 17.6 Å². The van der Waals surface area contributed by atoms with Gasteiger partial charge in [-0.05, 0) is 33.8 Å². The molecule has 1 aliphatic rings. The summed E-state index contributed by atoms with van der Waals surface area (Å²) in [6, 6.07) is 0. The maximum absolute atomic E-state index is 5.92. The highest BCUT2D eigenvalue weighted by molar-refractivity contribution is 6.52. The third-order valence-corrected chi connectivity index (χ3v) is 3.99. The van der Waals surface area contributed by atoms with Crippen LogP contribution in [0.3, 0.4) is 0 Å². The van der Waals surface area contributed by atoms with Crippen LogP contribution in [0.5, 0.6) is 0 Å². The monoisotopic (exact) mass is 268 g/mol. The van der Waals surface area contributed by atoms with E-state index in [0.29, 0.717) is 5.15 Å². The van der Waals surface area contributed by atoms with Gasteiger partial charge in [0.15, 0.2) is 0 Å². The van der Waals surface area contributed by atoms with Gasteiger partial charge in [0.25, 0.3) is 0 Å². The van der Waals surface area contributed by atoms with Crippen LogP contribution in [0.4, 0.5) is 0 Å². The van der Waals surface area contributed by atoms with Crippen molar-refractivity contribution in [3.05, 3.63) is 23.1 Å². The first-order chi connectivity index (χ1) is 8.23. The van der Waals surface area contributed by atoms with E-state index < -0.39 is 0 Å². The first-order valence-corrected chi connectivity index (χ1v) is 6.32. The van der Waals surface area contributed by atoms with Gasteiger partial charge in [-0.15, -0.1) is 0 Å². The Morgan fingerprint density at radius 2 is 1.83 bits per heavy atom. The third kappa shape index (κ3) is 2.35. The molecule has 0 spiro atoms. The van der Waals surface area contributed by atoms with E-state index in [-0.39, 0.29) is 18.3 Å². The molecule has 0 amide bonds. The van der Waals surface area contributed by atoms with E-state index in [4.69, 9.17) is 20.9 Å². The smallest absolute Gasteiger partial charge is 0.400 e. The summed E-state index contributed by atoms with van der Waals surface area (Å²) in [5.41, 5.74) is -0.636. The number of imidazole rings is 1. The molecule has 98 valence electrons. The van der Waals surface area contributed by atoms with Crippen molar-refractivity contribution in [2.75, 3.05) is 0 Å². The number of aromatic nitrogens is 2. The fraction of sp³-hybridized carbons (Fsp3) is 0.583. The largest absolute Gasteiger partial charge is 0.487 e. The molecular weight excluding hydrogens is 250 g/mol. The van der Waals surface area contributed by atoms with Gasteiger partial charge in [-0.3, -0.25) is 0 Å². The molecule has 1 aliphatic heterocycles. The van der Waals surface area contributed by atoms with E-state index in [9.17, 15) is 0 Å². The van der Waals surface area contributed by atoms with Crippen LogP contribution in [0, 0.1) is 0 Å². The van der Waals surface area contributed by atoms with Gasteiger partial charge in [0.05, 0.1) is 17.4 Å². The standard InChI is InChI=1S/C12H18BClN2O2/c1-11(2)12(3,4)18-13(17-11)7-6-10-15-8-9(14)16(10)5/h6-8H,1-5H3/b7-6+. The fourth-order valence-corrected chi connectivity index (χ4v) is 1.82. The summed E-state index contributed by atoms with van der Waals surface area (Å²) in [5.74, 6) is 2.63. The minimum atomic E-state index is -0.356. The lowest BCUT2D eigenvalue weighted by Gasteiger charge is -2.32. The molecule has 1 saturated heterocycles. The quantitative estimate of drug-likeness (QED) is 0.774. The molecule has 1 aromatic rings. The van der Waals surface area contributed by atoms with Crippen LogP contribution in [0.2, 0.25) is 5.15 Å². The molecule has 0 unspecified atom stereocenters. The molecule has 1 aromatic heterocycles. The summed E-state index contributed by atoms with van der Waals surface area (Å²) < 4.78 is 13.5. The molecule has 2 heterocycles. The van der Waals surface area contributed by atoms with Gasteiger partial charge >= 0.3 is 7.12 Å². The molecule has 0 bridgehead atoms. The van der Waals surface area contributed by atoms with E-state index in [0.717, 1.165) is 5.82 Å². The highest BCUT2D eigenvalue weighted by atomic mass is 35.5. The number of nitrogens with zero attached hydrogens (tertiary/aromatic N) is 2. The maximum atomic E-state index is 5.92. The predicted octanol–water partition coefficient (Wildman–Crippen LogP) is 2.72. The Morgan fingerprint density at radius 3 is 2.28 bits per heavy atom. The van der Waals surface area contributed by atoms with Gasteiger partial charge in [-0.25, -0.2) is 4.98 Å². The van der Waals surface area contributed by atoms with Crippen LogP contribution in [0.25, 0.3) is 6.08 Å². The molecule has 0 saturated carbocycles. The number of halogens is 1. The Balaban J connectivity index is 2.11. The average Bonchev–Trinajstić information content (AvgIpc) is 2.65. The molecule has 2 rings (SSSR count). The van der Waals surface area contributed by atoms with Crippen LogP contribution in [-0.4, -0.2) is 27.9 Å². The number of hydrogen-bond donors (Lipinski definition) is 0. The SMILES string of the molecule is Cn1c(Cl)cnc1/C=C/B1OC(C)(C)C(C)(C)O1. The minimum absolute atomic E-state index is 0.318. The highest BCUT2D eigenvalue weighted by Gasteiger charge is 2.50. The van der Waals surface area contributed by atoms with Crippen molar-refractivity contribution in [1.29, 1.82) is 0 Å². The Morgan fingerprint density at radius 1 is 1.28 bits per heavy atom. The van der Waals surface area contributed by atoms with Gasteiger partial charge in [0, 0.05) is 7.05 Å². The van der Waals surface area contributed by atoms with Crippen LogP contribution in [0.15, 0.2) is 12.2 Å². The molecule has 1 fully saturated rings. The average molecular weight is 269 g/mol. The van der Waals surface area contributed by atoms with Crippen molar-refractivity contribution in [2.45, 2.75) is 38.9 Å². The Kier molecular flexibility index (Phi) is 3.34. The second-order valence-electron chi connectivity index (χ2n) is 5.48. The van der Waals surface area contributed by atoms with Crippen LogP contribution >= 0.6 is 11.6 Å². The molecule has 6 heteroatoms. The Hall–Kier alpha value is -0.775. The summed E-state index contributed by atoms with van der Waals surface area (Å²) in [5, 5.41) is 0.601. The zero-order chi connectivity index (χ0) is 13.6. The van der Waals surface area contributed by atoms with Crippen molar-refractivity contribution in [2.24, 2.45) is 7.05 Å². The van der Waals surface area contributed by atoms with E-state index in [1.807, 2.05) is 46.8 Å². The van der Waals surface area contributed by atoms with Crippen molar-refractivity contribution in [1.82, 2.24) is 9.55 Å². The fourth-order valence-electron chi connectivity index (χ4n) is 1.69. The molecule has 4 nitrogen and oxygen atoms in total. The Bertz CT molecular complexity index is 466. The number of hydrogen-bond acceptors (Lipinski definition) is 3. The van der Waals surface area contributed by atoms with Crippen molar-refractivity contribution < 1.29 is 9.31 Å². The molecule has 0 atom stereocenters. The maximum Gasteiger partial charge on any atom is 0.487 e. The van der Waals surface area contributed by atoms with Gasteiger partial charge in [0.2, 0.25) is 0 Å². The minimum Gasteiger partial charge on any atom is -0.400 e. The summed E-state index contributed by atoms with van der Waals surface area (Å²) in [4.78, 5) is 4.18. The predicted molar refractivity (Wildman–Crippen MR) is 73.3 cm³/mol. The zero-order valence-electron chi connectivity index (χ0n) is 11.4. The van der Waals surface area contributed by atoms with E-state index in [1.165, 1.54) is 0 Å². The molecule has 0 radical (unpaired) electrons.